The molecule has 0 amide bonds. The Morgan fingerprint density at radius 3 is 1.67 bits per heavy atom. The van der Waals surface area contributed by atoms with E-state index in [4.69, 9.17) is 0 Å². The zero-order valence-corrected chi connectivity index (χ0v) is 18.7. The summed E-state index contributed by atoms with van der Waals surface area (Å²) >= 11 is 0. The minimum Gasteiger partial charge on any atom is -0.481 e. The minimum absolute atomic E-state index is 0.00204. The molecule has 0 saturated heterocycles. The van der Waals surface area contributed by atoms with Crippen molar-refractivity contribution < 1.29 is 39.6 Å². The van der Waals surface area contributed by atoms with Crippen LogP contribution in [0.1, 0.15) is 11.1 Å². The zero-order chi connectivity index (χ0) is 26.0. The Labute approximate surface area is 205 Å². The molecule has 36 heavy (non-hydrogen) atoms. The highest BCUT2D eigenvalue weighted by Crippen LogP contribution is 2.53. The van der Waals surface area contributed by atoms with Crippen molar-refractivity contribution in [2.75, 3.05) is 0 Å². The molecule has 0 aromatic heterocycles. The number of rotatable bonds is 7. The van der Waals surface area contributed by atoms with Gasteiger partial charge in [0, 0.05) is 0 Å². The van der Waals surface area contributed by atoms with Crippen LogP contribution >= 0.6 is 0 Å². The van der Waals surface area contributed by atoms with Crippen molar-refractivity contribution in [1.29, 1.82) is 0 Å². The number of hydrogen-bond donors (Lipinski definition) is 4. The molecular weight excluding hydrogens is 464 g/mol. The molecule has 0 heterocycles. The molecule has 3 aromatic rings. The van der Waals surface area contributed by atoms with Gasteiger partial charge in [0.1, 0.15) is 11.3 Å². The van der Waals surface area contributed by atoms with E-state index in [9.17, 15) is 39.6 Å². The Morgan fingerprint density at radius 1 is 0.639 bits per heavy atom. The maximum atomic E-state index is 13.2. The van der Waals surface area contributed by atoms with Gasteiger partial charge < -0.3 is 20.4 Å². The van der Waals surface area contributed by atoms with E-state index in [1.165, 1.54) is 24.3 Å². The highest BCUT2D eigenvalue weighted by atomic mass is 16.4. The van der Waals surface area contributed by atoms with Gasteiger partial charge in [0.25, 0.3) is 0 Å². The van der Waals surface area contributed by atoms with Crippen LogP contribution < -0.4 is 0 Å². The molecule has 180 valence electrons. The third-order valence-electron chi connectivity index (χ3n) is 6.30. The Hall–Kier alpha value is -4.98. The summed E-state index contributed by atoms with van der Waals surface area (Å²) in [4.78, 5) is 50.3. The lowest BCUT2D eigenvalue weighted by Gasteiger charge is -2.41. The molecule has 1 aliphatic rings. The van der Waals surface area contributed by atoms with Gasteiger partial charge in [0.2, 0.25) is 0 Å². The van der Waals surface area contributed by atoms with Gasteiger partial charge in [0.15, 0.2) is 0 Å². The summed E-state index contributed by atoms with van der Waals surface area (Å²) in [6, 6.07) is 22.9. The van der Waals surface area contributed by atoms with Crippen molar-refractivity contribution in [3.63, 3.8) is 0 Å². The average Bonchev–Trinajstić information content (AvgIpc) is 2.87. The highest BCUT2D eigenvalue weighted by molar-refractivity contribution is 6.15. The molecule has 0 radical (unpaired) electrons. The molecule has 2 atom stereocenters. The van der Waals surface area contributed by atoms with Crippen molar-refractivity contribution in [3.05, 3.63) is 113 Å². The van der Waals surface area contributed by atoms with Crippen LogP contribution in [0.3, 0.4) is 0 Å². The molecule has 1 aliphatic carbocycles. The van der Waals surface area contributed by atoms with Crippen molar-refractivity contribution in [2.24, 2.45) is 5.92 Å². The van der Waals surface area contributed by atoms with Crippen LogP contribution in [0.25, 0.3) is 16.7 Å². The van der Waals surface area contributed by atoms with Gasteiger partial charge >= 0.3 is 23.9 Å². The van der Waals surface area contributed by atoms with Crippen molar-refractivity contribution >= 4 is 29.5 Å². The summed E-state index contributed by atoms with van der Waals surface area (Å²) in [5.74, 6) is -9.16. The fraction of sp³-hybridized carbons (Fsp3) is 0.0714. The first kappa shape index (κ1) is 24.2. The largest absolute Gasteiger partial charge is 0.481 e. The van der Waals surface area contributed by atoms with Gasteiger partial charge in [-0.05, 0) is 33.9 Å². The molecule has 4 rings (SSSR count). The SMILES string of the molecule is O=C(O)C1=C(C(=O)O)C(C(=O)O)C(C(=O)O)(c2ccccc2)C(c2ccccc2-c2ccccc2)=C1. The molecule has 0 bridgehead atoms. The maximum absolute atomic E-state index is 13.2. The van der Waals surface area contributed by atoms with Crippen LogP contribution in [0.5, 0.6) is 0 Å². The summed E-state index contributed by atoms with van der Waals surface area (Å²) in [5, 5.41) is 40.8. The van der Waals surface area contributed by atoms with Gasteiger partial charge in [-0.25, -0.2) is 9.59 Å². The van der Waals surface area contributed by atoms with Crippen molar-refractivity contribution in [3.8, 4) is 11.1 Å². The highest BCUT2D eigenvalue weighted by Gasteiger charge is 2.60. The first-order valence-corrected chi connectivity index (χ1v) is 10.8. The molecule has 0 aliphatic heterocycles. The molecule has 0 fully saturated rings. The lowest BCUT2D eigenvalue weighted by molar-refractivity contribution is -0.153. The van der Waals surface area contributed by atoms with E-state index in [2.05, 4.69) is 0 Å². The molecule has 2 unspecified atom stereocenters. The van der Waals surface area contributed by atoms with Gasteiger partial charge in [-0.2, -0.15) is 0 Å². The van der Waals surface area contributed by atoms with Crippen LogP contribution in [0.15, 0.2) is 102 Å². The number of aliphatic carboxylic acids is 4. The van der Waals surface area contributed by atoms with E-state index in [0.29, 0.717) is 11.1 Å². The second-order valence-corrected chi connectivity index (χ2v) is 8.16. The summed E-state index contributed by atoms with van der Waals surface area (Å²) < 4.78 is 0. The maximum Gasteiger partial charge on any atom is 0.336 e. The normalized spacial score (nSPS) is 19.3. The lowest BCUT2D eigenvalue weighted by atomic mass is 9.57. The molecule has 8 heteroatoms. The lowest BCUT2D eigenvalue weighted by Crippen LogP contribution is -2.51. The Kier molecular flexibility index (Phi) is 6.27. The average molecular weight is 484 g/mol. The molecular formula is C28H20O8. The third kappa shape index (κ3) is 3.74. The smallest absolute Gasteiger partial charge is 0.336 e. The monoisotopic (exact) mass is 484 g/mol. The summed E-state index contributed by atoms with van der Waals surface area (Å²) in [7, 11) is 0. The number of hydrogen-bond acceptors (Lipinski definition) is 4. The van der Waals surface area contributed by atoms with E-state index in [1.807, 2.05) is 0 Å². The summed E-state index contributed by atoms with van der Waals surface area (Å²) in [6.07, 6.45) is 0.980. The van der Waals surface area contributed by atoms with Crippen molar-refractivity contribution in [1.82, 2.24) is 0 Å². The first-order chi connectivity index (χ1) is 17.2. The van der Waals surface area contributed by atoms with Gasteiger partial charge in [-0.15, -0.1) is 0 Å². The van der Waals surface area contributed by atoms with E-state index in [1.54, 1.807) is 60.7 Å². The molecule has 0 spiro atoms. The van der Waals surface area contributed by atoms with Crippen LogP contribution in [-0.4, -0.2) is 44.3 Å². The van der Waals surface area contributed by atoms with Gasteiger partial charge in [0.05, 0.1) is 11.1 Å². The van der Waals surface area contributed by atoms with Gasteiger partial charge in [-0.1, -0.05) is 84.9 Å². The predicted octanol–water partition coefficient (Wildman–Crippen LogP) is 3.94. The van der Waals surface area contributed by atoms with Crippen molar-refractivity contribution in [2.45, 2.75) is 5.41 Å². The number of carboxylic acid groups (broad SMARTS) is 4. The van der Waals surface area contributed by atoms with Crippen LogP contribution in [0.4, 0.5) is 0 Å². The predicted molar refractivity (Wildman–Crippen MR) is 129 cm³/mol. The van der Waals surface area contributed by atoms with Crippen LogP contribution in [-0.2, 0) is 24.6 Å². The van der Waals surface area contributed by atoms with E-state index < -0.39 is 46.4 Å². The quantitative estimate of drug-likeness (QED) is 0.394. The molecule has 8 nitrogen and oxygen atoms in total. The van der Waals surface area contributed by atoms with E-state index >= 15 is 0 Å². The fourth-order valence-corrected chi connectivity index (χ4v) is 4.85. The third-order valence-corrected chi connectivity index (χ3v) is 6.30. The fourth-order valence-electron chi connectivity index (χ4n) is 4.85. The van der Waals surface area contributed by atoms with Gasteiger partial charge in [-0.3, -0.25) is 9.59 Å². The Morgan fingerprint density at radius 2 is 1.17 bits per heavy atom. The summed E-state index contributed by atoms with van der Waals surface area (Å²) in [6.45, 7) is 0. The minimum atomic E-state index is -2.45. The Bertz CT molecular complexity index is 1440. The van der Waals surface area contributed by atoms with Crippen LogP contribution in [0.2, 0.25) is 0 Å². The molecule has 4 N–H and O–H groups in total. The number of carboxylic acids is 4. The zero-order valence-electron chi connectivity index (χ0n) is 18.7. The summed E-state index contributed by atoms with van der Waals surface area (Å²) in [5.41, 5.74) is -2.92. The number of carbonyl (C=O) groups is 4. The topological polar surface area (TPSA) is 149 Å². The standard InChI is InChI=1S/C28H20O8/c29-24(30)20-15-21(19-14-8-7-13-18(19)16-9-3-1-4-10-16)28(27(35)36,17-11-5-2-6-12-17)23(26(33)34)22(20)25(31)32/h1-15,23H,(H,29,30)(H,31,32)(H,33,34)(H,35,36). The first-order valence-electron chi connectivity index (χ1n) is 10.8. The molecule has 0 saturated carbocycles. The van der Waals surface area contributed by atoms with E-state index in [0.717, 1.165) is 6.08 Å². The van der Waals surface area contributed by atoms with E-state index in [-0.39, 0.29) is 16.7 Å². The Balaban J connectivity index is 2.22. The molecule has 3 aromatic carbocycles. The van der Waals surface area contributed by atoms with Crippen LogP contribution in [0, 0.1) is 5.92 Å². The number of benzene rings is 3. The second kappa shape index (κ2) is 9.34. The second-order valence-electron chi connectivity index (χ2n) is 8.16.